The lowest BCUT2D eigenvalue weighted by molar-refractivity contribution is 1.33. The fourth-order valence-corrected chi connectivity index (χ4v) is 0.992. The minimum atomic E-state index is 1.09. The molecular weight excluding hydrogens is 146 g/mol. The molecule has 1 rings (SSSR count). The van der Waals surface area contributed by atoms with Crippen molar-refractivity contribution in [3.8, 4) is 0 Å². The molecule has 0 saturated heterocycles. The number of nitrogens with zero attached hydrogens (tertiary/aromatic N) is 1. The Morgan fingerprint density at radius 3 is 2.58 bits per heavy atom. The van der Waals surface area contributed by atoms with Crippen LogP contribution in [0.25, 0.3) is 10.9 Å². The zero-order chi connectivity index (χ0) is 8.97. The summed E-state index contributed by atoms with van der Waals surface area (Å²) in [6, 6.07) is 6.17. The van der Waals surface area contributed by atoms with Crippen molar-refractivity contribution in [2.24, 2.45) is 0 Å². The molecule has 0 atom stereocenters. The fourth-order valence-electron chi connectivity index (χ4n) is 0.992. The highest BCUT2D eigenvalue weighted by molar-refractivity contribution is 5.52. The van der Waals surface area contributed by atoms with Gasteiger partial charge in [0.1, 0.15) is 0 Å². The highest BCUT2D eigenvalue weighted by atomic mass is 14.6. The van der Waals surface area contributed by atoms with Crippen LogP contribution >= 0.6 is 0 Å². The van der Waals surface area contributed by atoms with Crippen LogP contribution in [0.1, 0.15) is 16.7 Å². The molecule has 0 aliphatic rings. The quantitative estimate of drug-likeness (QED) is 0.551. The summed E-state index contributed by atoms with van der Waals surface area (Å²) in [5.74, 6) is 0. The molecular formula is C11H11N. The van der Waals surface area contributed by atoms with Gasteiger partial charge in [-0.25, -0.2) is 4.85 Å². The van der Waals surface area contributed by atoms with Crippen molar-refractivity contribution in [3.63, 3.8) is 0 Å². The minimum Gasteiger partial charge on any atom is -0.246 e. The van der Waals surface area contributed by atoms with Gasteiger partial charge in [0.15, 0.2) is 6.20 Å². The molecule has 60 valence electrons. The predicted molar refractivity (Wildman–Crippen MR) is 51.6 cm³/mol. The maximum atomic E-state index is 6.59. The first-order valence-electron chi connectivity index (χ1n) is 3.84. The lowest BCUT2D eigenvalue weighted by Gasteiger charge is -1.99. The molecule has 0 aliphatic carbocycles. The third kappa shape index (κ3) is 1.96. The summed E-state index contributed by atoms with van der Waals surface area (Å²) in [4.78, 5) is 3.15. The molecule has 1 nitrogen and oxygen atoms in total. The van der Waals surface area contributed by atoms with Gasteiger partial charge in [-0.3, -0.25) is 0 Å². The van der Waals surface area contributed by atoms with Crippen molar-refractivity contribution in [3.05, 3.63) is 52.5 Å². The van der Waals surface area contributed by atoms with Crippen LogP contribution in [-0.4, -0.2) is 0 Å². The number of benzene rings is 1. The first-order chi connectivity index (χ1) is 5.74. The summed E-state index contributed by atoms with van der Waals surface area (Å²) < 4.78 is 0. The van der Waals surface area contributed by atoms with Crippen LogP contribution in [0.15, 0.2) is 24.4 Å². The third-order valence-electron chi connectivity index (χ3n) is 1.87. The maximum absolute atomic E-state index is 6.59. The third-order valence-corrected chi connectivity index (χ3v) is 1.87. The van der Waals surface area contributed by atoms with Crippen LogP contribution in [-0.2, 0) is 0 Å². The van der Waals surface area contributed by atoms with Gasteiger partial charge in [-0.15, -0.1) is 0 Å². The van der Waals surface area contributed by atoms with Crippen LogP contribution in [0.2, 0.25) is 0 Å². The van der Waals surface area contributed by atoms with Crippen LogP contribution in [0.5, 0.6) is 0 Å². The molecule has 0 aliphatic heterocycles. The molecule has 0 N–H and O–H groups in total. The monoisotopic (exact) mass is 157 g/mol. The Labute approximate surface area is 73.2 Å². The van der Waals surface area contributed by atoms with Gasteiger partial charge in [0.25, 0.3) is 0 Å². The first-order valence-corrected chi connectivity index (χ1v) is 3.84. The Hall–Kier alpha value is -1.55. The molecule has 0 saturated carbocycles. The second kappa shape index (κ2) is 3.73. The summed E-state index contributed by atoms with van der Waals surface area (Å²) in [6.07, 6.45) is 3.30. The Kier molecular flexibility index (Phi) is 2.66. The summed E-state index contributed by atoms with van der Waals surface area (Å²) in [5, 5.41) is 0. The number of hydrogen-bond acceptors (Lipinski definition) is 0. The summed E-state index contributed by atoms with van der Waals surface area (Å²) >= 11 is 0. The summed E-state index contributed by atoms with van der Waals surface area (Å²) in [6.45, 7) is 10.7. The molecule has 0 spiro atoms. The second-order valence-electron chi connectivity index (χ2n) is 2.79. The van der Waals surface area contributed by atoms with Gasteiger partial charge in [-0.1, -0.05) is 24.3 Å². The smallest absolute Gasteiger partial charge is 0.154 e. The molecule has 0 fully saturated rings. The normalized spacial score (nSPS) is 10.1. The molecule has 12 heavy (non-hydrogen) atoms. The Morgan fingerprint density at radius 2 is 2.00 bits per heavy atom. The zero-order valence-electron chi connectivity index (χ0n) is 7.33. The fraction of sp³-hybridized carbons (Fsp3) is 0.182. The van der Waals surface area contributed by atoms with Gasteiger partial charge in [0.2, 0.25) is 0 Å². The zero-order valence-corrected chi connectivity index (χ0v) is 7.33. The van der Waals surface area contributed by atoms with E-state index in [0.717, 1.165) is 5.56 Å². The van der Waals surface area contributed by atoms with Crippen molar-refractivity contribution in [2.45, 2.75) is 13.8 Å². The van der Waals surface area contributed by atoms with E-state index in [0.29, 0.717) is 0 Å². The van der Waals surface area contributed by atoms with Crippen LogP contribution in [0.4, 0.5) is 0 Å². The van der Waals surface area contributed by atoms with Crippen LogP contribution in [0, 0.1) is 20.4 Å². The van der Waals surface area contributed by atoms with Gasteiger partial charge in [0, 0.05) is 0 Å². The van der Waals surface area contributed by atoms with Crippen molar-refractivity contribution in [1.29, 1.82) is 0 Å². The molecule has 0 amide bonds. The van der Waals surface area contributed by atoms with E-state index >= 15 is 0 Å². The van der Waals surface area contributed by atoms with E-state index in [-0.39, 0.29) is 0 Å². The SMILES string of the molecule is [C-]#[N+]C=Cc1ccc(C)c(C)c1. The van der Waals surface area contributed by atoms with Crippen molar-refractivity contribution in [2.75, 3.05) is 0 Å². The molecule has 0 bridgehead atoms. The molecule has 0 heterocycles. The molecule has 1 aromatic carbocycles. The standard InChI is InChI=1S/C11H11N/c1-9-4-5-11(6-7-12-3)8-10(9)2/h4-8H,1-2H3. The first kappa shape index (κ1) is 8.55. The van der Waals surface area contributed by atoms with Crippen LogP contribution in [0.3, 0.4) is 0 Å². The average molecular weight is 157 g/mol. The van der Waals surface area contributed by atoms with E-state index in [1.165, 1.54) is 17.3 Å². The number of aryl methyl sites for hydroxylation is 2. The summed E-state index contributed by atoms with van der Waals surface area (Å²) in [7, 11) is 0. The Morgan fingerprint density at radius 1 is 1.25 bits per heavy atom. The lowest BCUT2D eigenvalue weighted by atomic mass is 10.1. The average Bonchev–Trinajstić information content (AvgIpc) is 2.07. The van der Waals surface area contributed by atoms with E-state index < -0.39 is 0 Å². The van der Waals surface area contributed by atoms with Gasteiger partial charge in [-0.05, 0) is 30.5 Å². The minimum absolute atomic E-state index is 1.09. The molecule has 0 aromatic heterocycles. The lowest BCUT2D eigenvalue weighted by Crippen LogP contribution is -1.80. The van der Waals surface area contributed by atoms with Gasteiger partial charge in [-0.2, -0.15) is 0 Å². The highest BCUT2D eigenvalue weighted by Crippen LogP contribution is 2.10. The van der Waals surface area contributed by atoms with Crippen molar-refractivity contribution >= 4 is 6.08 Å². The molecule has 1 aromatic rings. The van der Waals surface area contributed by atoms with Crippen LogP contribution < -0.4 is 0 Å². The van der Waals surface area contributed by atoms with E-state index in [2.05, 4.69) is 30.8 Å². The predicted octanol–water partition coefficient (Wildman–Crippen LogP) is 3.19. The second-order valence-corrected chi connectivity index (χ2v) is 2.79. The largest absolute Gasteiger partial charge is 0.246 e. The van der Waals surface area contributed by atoms with E-state index in [4.69, 9.17) is 6.57 Å². The summed E-state index contributed by atoms with van der Waals surface area (Å²) in [5.41, 5.74) is 3.64. The van der Waals surface area contributed by atoms with Gasteiger partial charge in [0.05, 0.1) is 6.57 Å². The maximum Gasteiger partial charge on any atom is 0.154 e. The van der Waals surface area contributed by atoms with Gasteiger partial charge >= 0.3 is 0 Å². The van der Waals surface area contributed by atoms with Crippen molar-refractivity contribution < 1.29 is 0 Å². The molecule has 0 radical (unpaired) electrons. The van der Waals surface area contributed by atoms with E-state index in [1.54, 1.807) is 0 Å². The van der Waals surface area contributed by atoms with E-state index in [1.807, 2.05) is 12.1 Å². The topological polar surface area (TPSA) is 4.36 Å². The Balaban J connectivity index is 2.99. The number of hydrogen-bond donors (Lipinski definition) is 0. The molecule has 0 unspecified atom stereocenters. The van der Waals surface area contributed by atoms with Crippen molar-refractivity contribution in [1.82, 2.24) is 0 Å². The van der Waals surface area contributed by atoms with E-state index in [9.17, 15) is 0 Å². The number of rotatable bonds is 1. The Bertz CT molecular complexity index is 343. The van der Waals surface area contributed by atoms with Gasteiger partial charge < -0.3 is 0 Å². The highest BCUT2D eigenvalue weighted by Gasteiger charge is 1.91. The molecule has 1 heteroatoms.